The van der Waals surface area contributed by atoms with Gasteiger partial charge in [-0.15, -0.1) is 13.2 Å². The van der Waals surface area contributed by atoms with Gasteiger partial charge in [-0.2, -0.15) is 0 Å². The number of amides is 3. The number of benzene rings is 3. The molecule has 1 N–H and O–H groups in total. The first-order valence-electron chi connectivity index (χ1n) is 19.1. The van der Waals surface area contributed by atoms with Crippen LogP contribution >= 0.6 is 0 Å². The van der Waals surface area contributed by atoms with Gasteiger partial charge in [0.2, 0.25) is 11.8 Å². The molecule has 0 aliphatic carbocycles. The van der Waals surface area contributed by atoms with E-state index in [4.69, 9.17) is 4.74 Å². The number of nitrogens with zero attached hydrogens (tertiary/aromatic N) is 4. The van der Waals surface area contributed by atoms with E-state index in [1.54, 1.807) is 26.9 Å². The third kappa shape index (κ3) is 6.81. The average Bonchev–Trinajstić information content (AvgIpc) is 3.80. The molecule has 3 saturated heterocycles. The van der Waals surface area contributed by atoms with Crippen LogP contribution < -0.4 is 9.80 Å². The van der Waals surface area contributed by atoms with Gasteiger partial charge in [-0.1, -0.05) is 79.7 Å². The fraction of sp³-hybridized carbons (Fsp3) is 0.432. The quantitative estimate of drug-likeness (QED) is 0.172. The van der Waals surface area contributed by atoms with Crippen LogP contribution in [0.15, 0.2) is 110 Å². The van der Waals surface area contributed by atoms with Crippen LogP contribution in [-0.2, 0) is 32.1 Å². The highest BCUT2D eigenvalue weighted by atomic mass is 16.5. The maximum Gasteiger partial charge on any atom is 0.253 e. The van der Waals surface area contributed by atoms with E-state index in [9.17, 15) is 9.90 Å². The third-order valence-electron chi connectivity index (χ3n) is 11.8. The summed E-state index contributed by atoms with van der Waals surface area (Å²) in [7, 11) is 0. The molecule has 2 bridgehead atoms. The lowest BCUT2D eigenvalue weighted by molar-refractivity contribution is -0.153. The number of ether oxygens (including phenoxy) is 1. The number of rotatable bonds is 17. The summed E-state index contributed by atoms with van der Waals surface area (Å²) in [5, 5.41) is 11.0. The van der Waals surface area contributed by atoms with Gasteiger partial charge in [0.05, 0.1) is 30.1 Å². The predicted molar refractivity (Wildman–Crippen MR) is 209 cm³/mol. The summed E-state index contributed by atoms with van der Waals surface area (Å²) in [5.41, 5.74) is 1.44. The van der Waals surface area contributed by atoms with Gasteiger partial charge in [-0.25, -0.2) is 0 Å². The molecular formula is C44H54N4O5. The van der Waals surface area contributed by atoms with E-state index in [-0.39, 0.29) is 30.9 Å². The maximum atomic E-state index is 15.4. The van der Waals surface area contributed by atoms with Crippen molar-refractivity contribution in [2.24, 2.45) is 11.8 Å². The molecule has 9 heteroatoms. The topological polar surface area (TPSA) is 93.6 Å². The highest BCUT2D eigenvalue weighted by Gasteiger charge is 2.79. The van der Waals surface area contributed by atoms with E-state index < -0.39 is 35.1 Å². The number of hydrogen-bond donors (Lipinski definition) is 1. The van der Waals surface area contributed by atoms with Crippen molar-refractivity contribution in [2.45, 2.75) is 76.3 Å². The van der Waals surface area contributed by atoms with Crippen LogP contribution in [0.5, 0.6) is 0 Å². The molecule has 3 aliphatic rings. The van der Waals surface area contributed by atoms with Gasteiger partial charge in [-0.3, -0.25) is 14.4 Å². The van der Waals surface area contributed by atoms with Crippen molar-refractivity contribution < 1.29 is 24.2 Å². The van der Waals surface area contributed by atoms with Gasteiger partial charge in [0.1, 0.15) is 11.6 Å². The van der Waals surface area contributed by atoms with Gasteiger partial charge < -0.3 is 29.4 Å². The van der Waals surface area contributed by atoms with Gasteiger partial charge in [0.15, 0.2) is 0 Å². The van der Waals surface area contributed by atoms with E-state index in [2.05, 4.69) is 31.9 Å². The molecule has 6 rings (SSSR count). The first kappa shape index (κ1) is 38.0. The van der Waals surface area contributed by atoms with Crippen molar-refractivity contribution in [3.63, 3.8) is 0 Å². The Hall–Kier alpha value is -4.73. The minimum atomic E-state index is -1.26. The second-order valence-electron chi connectivity index (χ2n) is 14.5. The number of carbonyl (C=O) groups is 3. The molecule has 0 radical (unpaired) electrons. The molecule has 0 saturated carbocycles. The van der Waals surface area contributed by atoms with Crippen LogP contribution in [0.25, 0.3) is 0 Å². The Morgan fingerprint density at radius 3 is 2.04 bits per heavy atom. The Bertz CT molecular complexity index is 1760. The summed E-state index contributed by atoms with van der Waals surface area (Å²) in [4.78, 5) is 52.8. The summed E-state index contributed by atoms with van der Waals surface area (Å²) in [6.07, 6.45) is 5.23. The smallest absolute Gasteiger partial charge is 0.253 e. The second-order valence-corrected chi connectivity index (χ2v) is 14.5. The van der Waals surface area contributed by atoms with E-state index >= 15 is 9.59 Å². The zero-order valence-electron chi connectivity index (χ0n) is 31.4. The Morgan fingerprint density at radius 1 is 0.868 bits per heavy atom. The zero-order valence-corrected chi connectivity index (χ0v) is 31.4. The molecule has 3 fully saturated rings. The molecule has 280 valence electrons. The van der Waals surface area contributed by atoms with Crippen molar-refractivity contribution in [1.82, 2.24) is 9.80 Å². The zero-order chi connectivity index (χ0) is 37.8. The summed E-state index contributed by atoms with van der Waals surface area (Å²) < 4.78 is 7.16. The van der Waals surface area contributed by atoms with E-state index in [0.29, 0.717) is 44.5 Å². The van der Waals surface area contributed by atoms with Gasteiger partial charge >= 0.3 is 0 Å². The van der Waals surface area contributed by atoms with Crippen molar-refractivity contribution >= 4 is 29.1 Å². The minimum Gasteiger partial charge on any atom is -0.394 e. The number of anilines is 2. The molecule has 9 nitrogen and oxygen atoms in total. The summed E-state index contributed by atoms with van der Waals surface area (Å²) in [6.45, 7) is 16.3. The summed E-state index contributed by atoms with van der Waals surface area (Å²) in [5.74, 6) is -2.52. The van der Waals surface area contributed by atoms with Gasteiger partial charge in [0.25, 0.3) is 5.91 Å². The van der Waals surface area contributed by atoms with Gasteiger partial charge in [-0.05, 0) is 74.9 Å². The van der Waals surface area contributed by atoms with Gasteiger partial charge in [0, 0.05) is 44.1 Å². The number of hydrogen-bond acceptors (Lipinski definition) is 6. The first-order valence-corrected chi connectivity index (χ1v) is 19.1. The summed E-state index contributed by atoms with van der Waals surface area (Å²) in [6, 6.07) is 25.5. The number of fused-ring (bicyclic) bond motifs is 1. The van der Waals surface area contributed by atoms with Crippen LogP contribution in [0.3, 0.4) is 0 Å². The lowest BCUT2D eigenvalue weighted by Gasteiger charge is -2.39. The molecule has 6 atom stereocenters. The molecule has 3 aromatic rings. The minimum absolute atomic E-state index is 0.179. The molecule has 3 amide bonds. The molecule has 3 aromatic carbocycles. The standard InChI is InChI=1S/C44H54N4O5/c1-6-27-46(30-33-19-15-12-16-20-33)40(50)37-38-41(51)48(36(31-49)29-32-17-13-11-14-18-32)39(44(38)26-25-43(37,8-3)53-44)42(52)47(28-7-2)35-23-21-34(22-24-35)45(9-4)10-5/h6-7,11-24,36-39,49H,1-2,8-10,25-31H2,3-5H3/t36-,37-,38+,39?,43+,44?/m1/s1. The van der Waals surface area contributed by atoms with Crippen molar-refractivity contribution in [3.8, 4) is 0 Å². The first-order chi connectivity index (χ1) is 25.7. The highest BCUT2D eigenvalue weighted by molar-refractivity contribution is 6.05. The molecule has 53 heavy (non-hydrogen) atoms. The molecule has 2 unspecified atom stereocenters. The van der Waals surface area contributed by atoms with Crippen LogP contribution in [0.4, 0.5) is 11.4 Å². The van der Waals surface area contributed by atoms with Crippen molar-refractivity contribution in [1.29, 1.82) is 0 Å². The fourth-order valence-electron chi connectivity index (χ4n) is 9.26. The van der Waals surface area contributed by atoms with Crippen molar-refractivity contribution in [3.05, 3.63) is 121 Å². The van der Waals surface area contributed by atoms with E-state index in [1.807, 2.05) is 91.9 Å². The number of aliphatic hydroxyl groups excluding tert-OH is 1. The lowest BCUT2D eigenvalue weighted by Crippen LogP contribution is -2.59. The van der Waals surface area contributed by atoms with Crippen molar-refractivity contribution in [2.75, 3.05) is 42.6 Å². The normalized spacial score (nSPS) is 24.8. The van der Waals surface area contributed by atoms with E-state index in [1.165, 1.54) is 0 Å². The van der Waals surface area contributed by atoms with Crippen LogP contribution in [-0.4, -0.2) is 88.7 Å². The molecule has 0 aromatic heterocycles. The lowest BCUT2D eigenvalue weighted by atomic mass is 9.64. The van der Waals surface area contributed by atoms with E-state index in [0.717, 1.165) is 29.9 Å². The van der Waals surface area contributed by atoms with Crippen LogP contribution in [0, 0.1) is 11.8 Å². The van der Waals surface area contributed by atoms with Crippen LogP contribution in [0.1, 0.15) is 51.2 Å². The predicted octanol–water partition coefficient (Wildman–Crippen LogP) is 6.03. The number of aliphatic hydroxyl groups is 1. The Morgan fingerprint density at radius 2 is 1.47 bits per heavy atom. The molecule has 3 aliphatic heterocycles. The maximum absolute atomic E-state index is 15.4. The Kier molecular flexibility index (Phi) is 11.5. The highest BCUT2D eigenvalue weighted by Crippen LogP contribution is 2.65. The third-order valence-corrected chi connectivity index (χ3v) is 11.8. The van der Waals surface area contributed by atoms with Crippen LogP contribution in [0.2, 0.25) is 0 Å². The Balaban J connectivity index is 1.45. The molecular weight excluding hydrogens is 665 g/mol. The fourth-order valence-corrected chi connectivity index (χ4v) is 9.26. The second kappa shape index (κ2) is 16.1. The number of carbonyl (C=O) groups excluding carboxylic acids is 3. The Labute approximate surface area is 314 Å². The molecule has 1 spiro atoms. The SMILES string of the molecule is C=CCN(Cc1ccccc1)C(=O)[C@H]1[C@H]2C(=O)N([C@@H](CO)Cc3ccccc3)C(C(=O)N(CC=C)c3ccc(N(CC)CC)cc3)C23CC[C@]1(CC)O3. The number of likely N-dealkylation sites (tertiary alicyclic amines) is 1. The molecule has 3 heterocycles. The summed E-state index contributed by atoms with van der Waals surface area (Å²) >= 11 is 0. The average molecular weight is 719 g/mol. The largest absolute Gasteiger partial charge is 0.394 e. The monoisotopic (exact) mass is 718 g/mol.